The SMILES string of the molecule is CO[C@@H]1CC[C@H]2[C@H]1OCCN2CC1CC1. The van der Waals surface area contributed by atoms with Gasteiger partial charge in [0.1, 0.15) is 0 Å². The van der Waals surface area contributed by atoms with E-state index in [2.05, 4.69) is 4.90 Å². The lowest BCUT2D eigenvalue weighted by Gasteiger charge is -2.39. The van der Waals surface area contributed by atoms with Crippen molar-refractivity contribution < 1.29 is 9.47 Å². The van der Waals surface area contributed by atoms with Crippen LogP contribution in [0.3, 0.4) is 0 Å². The average Bonchev–Trinajstić information content (AvgIpc) is 2.97. The maximum Gasteiger partial charge on any atom is 0.0991 e. The molecule has 0 aromatic heterocycles. The van der Waals surface area contributed by atoms with Crippen molar-refractivity contribution in [3.63, 3.8) is 0 Å². The fourth-order valence-electron chi connectivity index (χ4n) is 3.10. The second-order valence-electron chi connectivity index (χ2n) is 5.19. The number of hydrogen-bond acceptors (Lipinski definition) is 3. The average molecular weight is 211 g/mol. The highest BCUT2D eigenvalue weighted by molar-refractivity contribution is 4.96. The minimum atomic E-state index is 0.344. The molecule has 0 amide bonds. The van der Waals surface area contributed by atoms with Crippen LogP contribution in [0.5, 0.6) is 0 Å². The van der Waals surface area contributed by atoms with Crippen molar-refractivity contribution in [2.45, 2.75) is 43.9 Å². The number of fused-ring (bicyclic) bond motifs is 1. The van der Waals surface area contributed by atoms with Crippen LogP contribution in [0.2, 0.25) is 0 Å². The maximum atomic E-state index is 5.87. The third-order valence-corrected chi connectivity index (χ3v) is 4.14. The Balaban J connectivity index is 1.64. The van der Waals surface area contributed by atoms with Crippen LogP contribution in [0, 0.1) is 5.92 Å². The van der Waals surface area contributed by atoms with Gasteiger partial charge in [-0.25, -0.2) is 0 Å². The van der Waals surface area contributed by atoms with E-state index in [0.29, 0.717) is 18.2 Å². The molecule has 0 aromatic rings. The lowest BCUT2D eigenvalue weighted by molar-refractivity contribution is -0.105. The molecule has 0 N–H and O–H groups in total. The van der Waals surface area contributed by atoms with Gasteiger partial charge in [0, 0.05) is 26.2 Å². The largest absolute Gasteiger partial charge is 0.379 e. The number of hydrogen-bond donors (Lipinski definition) is 0. The van der Waals surface area contributed by atoms with Crippen molar-refractivity contribution >= 4 is 0 Å². The van der Waals surface area contributed by atoms with E-state index in [4.69, 9.17) is 9.47 Å². The Kier molecular flexibility index (Phi) is 2.71. The molecule has 0 radical (unpaired) electrons. The van der Waals surface area contributed by atoms with Gasteiger partial charge >= 0.3 is 0 Å². The number of methoxy groups -OCH3 is 1. The molecule has 3 nitrogen and oxygen atoms in total. The van der Waals surface area contributed by atoms with Crippen molar-refractivity contribution in [3.05, 3.63) is 0 Å². The lowest BCUT2D eigenvalue weighted by Crippen LogP contribution is -2.52. The quantitative estimate of drug-likeness (QED) is 0.702. The summed E-state index contributed by atoms with van der Waals surface area (Å²) in [7, 11) is 1.82. The van der Waals surface area contributed by atoms with Gasteiger partial charge in [-0.15, -0.1) is 0 Å². The summed E-state index contributed by atoms with van der Waals surface area (Å²) in [5.41, 5.74) is 0. The van der Waals surface area contributed by atoms with Gasteiger partial charge in [-0.3, -0.25) is 4.90 Å². The lowest BCUT2D eigenvalue weighted by atomic mass is 10.1. The summed E-state index contributed by atoms with van der Waals surface area (Å²) in [5, 5.41) is 0. The van der Waals surface area contributed by atoms with E-state index in [1.54, 1.807) is 0 Å². The minimum Gasteiger partial charge on any atom is -0.379 e. The topological polar surface area (TPSA) is 21.7 Å². The van der Waals surface area contributed by atoms with E-state index in [1.807, 2.05) is 7.11 Å². The predicted octanol–water partition coefficient (Wildman–Crippen LogP) is 1.27. The summed E-state index contributed by atoms with van der Waals surface area (Å²) < 4.78 is 11.4. The molecule has 3 heteroatoms. The van der Waals surface area contributed by atoms with E-state index >= 15 is 0 Å². The molecule has 1 aliphatic heterocycles. The Hall–Kier alpha value is -0.120. The van der Waals surface area contributed by atoms with Gasteiger partial charge in [-0.1, -0.05) is 0 Å². The van der Waals surface area contributed by atoms with E-state index < -0.39 is 0 Å². The zero-order valence-corrected chi connectivity index (χ0v) is 9.52. The van der Waals surface area contributed by atoms with Gasteiger partial charge in [0.25, 0.3) is 0 Å². The molecule has 2 aliphatic carbocycles. The molecule has 3 fully saturated rings. The molecule has 3 atom stereocenters. The summed E-state index contributed by atoms with van der Waals surface area (Å²) in [5.74, 6) is 0.991. The molecule has 86 valence electrons. The molecule has 0 unspecified atom stereocenters. The molecule has 0 aromatic carbocycles. The number of ether oxygens (including phenoxy) is 2. The fourth-order valence-corrected chi connectivity index (χ4v) is 3.10. The van der Waals surface area contributed by atoms with Gasteiger partial charge in [-0.05, 0) is 31.6 Å². The normalized spacial score (nSPS) is 41.8. The first kappa shape index (κ1) is 10.1. The molecule has 1 heterocycles. The molecule has 3 aliphatic rings. The Morgan fingerprint density at radius 1 is 1.27 bits per heavy atom. The van der Waals surface area contributed by atoms with E-state index in [0.717, 1.165) is 19.1 Å². The standard InChI is InChI=1S/C12H21NO2/c1-14-11-5-4-10-12(11)15-7-6-13(10)8-9-2-3-9/h9-12H,2-8H2,1H3/t10-,11+,12+/m0/s1. The molecule has 0 spiro atoms. The van der Waals surface area contributed by atoms with Crippen LogP contribution < -0.4 is 0 Å². The highest BCUT2D eigenvalue weighted by Gasteiger charge is 2.43. The molecular formula is C12H21NO2. The smallest absolute Gasteiger partial charge is 0.0991 e. The summed E-state index contributed by atoms with van der Waals surface area (Å²) in [6.45, 7) is 3.34. The van der Waals surface area contributed by atoms with Crippen LogP contribution in [0.1, 0.15) is 25.7 Å². The second kappa shape index (κ2) is 4.04. The third-order valence-electron chi connectivity index (χ3n) is 4.14. The molecule has 0 bridgehead atoms. The Bertz CT molecular complexity index is 230. The van der Waals surface area contributed by atoms with Crippen LogP contribution in [0.25, 0.3) is 0 Å². The fraction of sp³-hybridized carbons (Fsp3) is 1.00. The second-order valence-corrected chi connectivity index (χ2v) is 5.19. The number of rotatable bonds is 3. The summed E-state index contributed by atoms with van der Waals surface area (Å²) >= 11 is 0. The van der Waals surface area contributed by atoms with Crippen LogP contribution >= 0.6 is 0 Å². The van der Waals surface area contributed by atoms with Crippen molar-refractivity contribution in [2.75, 3.05) is 26.8 Å². The predicted molar refractivity (Wildman–Crippen MR) is 57.9 cm³/mol. The van der Waals surface area contributed by atoms with Crippen LogP contribution in [-0.4, -0.2) is 50.0 Å². The van der Waals surface area contributed by atoms with Crippen molar-refractivity contribution in [3.8, 4) is 0 Å². The monoisotopic (exact) mass is 211 g/mol. The van der Waals surface area contributed by atoms with Crippen molar-refractivity contribution in [2.24, 2.45) is 5.92 Å². The van der Waals surface area contributed by atoms with Gasteiger partial charge in [0.15, 0.2) is 0 Å². The highest BCUT2D eigenvalue weighted by Crippen LogP contribution is 2.36. The highest BCUT2D eigenvalue weighted by atomic mass is 16.5. The molecular weight excluding hydrogens is 190 g/mol. The van der Waals surface area contributed by atoms with Crippen LogP contribution in [-0.2, 0) is 9.47 Å². The first-order valence-electron chi connectivity index (χ1n) is 6.27. The minimum absolute atomic E-state index is 0.344. The van der Waals surface area contributed by atoms with Gasteiger partial charge in [0.2, 0.25) is 0 Å². The first-order chi connectivity index (χ1) is 7.38. The molecule has 15 heavy (non-hydrogen) atoms. The maximum absolute atomic E-state index is 5.87. The Labute approximate surface area is 91.7 Å². The summed E-state index contributed by atoms with van der Waals surface area (Å²) in [6, 6.07) is 0.643. The van der Waals surface area contributed by atoms with E-state index in [1.165, 1.54) is 32.2 Å². The zero-order valence-electron chi connectivity index (χ0n) is 9.52. The number of morpholine rings is 1. The van der Waals surface area contributed by atoms with Crippen LogP contribution in [0.4, 0.5) is 0 Å². The Morgan fingerprint density at radius 3 is 2.87 bits per heavy atom. The van der Waals surface area contributed by atoms with Gasteiger partial charge in [0.05, 0.1) is 18.8 Å². The first-order valence-corrected chi connectivity index (χ1v) is 6.27. The Morgan fingerprint density at radius 2 is 2.13 bits per heavy atom. The molecule has 2 saturated carbocycles. The molecule has 3 rings (SSSR count). The molecule has 1 saturated heterocycles. The summed E-state index contributed by atoms with van der Waals surface area (Å²) in [4.78, 5) is 2.66. The summed E-state index contributed by atoms with van der Waals surface area (Å²) in [6.07, 6.45) is 6.02. The van der Waals surface area contributed by atoms with Gasteiger partial charge < -0.3 is 9.47 Å². The van der Waals surface area contributed by atoms with Crippen LogP contribution in [0.15, 0.2) is 0 Å². The third kappa shape index (κ3) is 1.93. The van der Waals surface area contributed by atoms with Crippen molar-refractivity contribution in [1.82, 2.24) is 4.90 Å². The number of nitrogens with zero attached hydrogens (tertiary/aromatic N) is 1. The zero-order chi connectivity index (χ0) is 10.3. The van der Waals surface area contributed by atoms with Gasteiger partial charge in [-0.2, -0.15) is 0 Å². The van der Waals surface area contributed by atoms with E-state index in [9.17, 15) is 0 Å². The van der Waals surface area contributed by atoms with Crippen molar-refractivity contribution in [1.29, 1.82) is 0 Å². The van der Waals surface area contributed by atoms with E-state index in [-0.39, 0.29) is 0 Å².